The monoisotopic (exact) mass is 254 g/mol. The van der Waals surface area contributed by atoms with Gasteiger partial charge in [0.15, 0.2) is 5.78 Å². The van der Waals surface area contributed by atoms with Gasteiger partial charge in [-0.25, -0.2) is 0 Å². The van der Waals surface area contributed by atoms with Gasteiger partial charge in [0.2, 0.25) is 0 Å². The van der Waals surface area contributed by atoms with Gasteiger partial charge in [0.1, 0.15) is 4.88 Å². The predicted octanol–water partition coefficient (Wildman–Crippen LogP) is 4.17. The minimum Gasteiger partial charge on any atom is -0.293 e. The van der Waals surface area contributed by atoms with E-state index in [0.29, 0.717) is 6.42 Å². The molecule has 1 aromatic rings. The third-order valence-corrected chi connectivity index (χ3v) is 3.78. The Morgan fingerprint density at radius 1 is 1.12 bits per heavy atom. The maximum absolute atomic E-state index is 11.8. The largest absolute Gasteiger partial charge is 0.293 e. The summed E-state index contributed by atoms with van der Waals surface area (Å²) in [6, 6.07) is 0. The molecule has 0 atom stereocenters. The fourth-order valence-electron chi connectivity index (χ4n) is 1.84. The van der Waals surface area contributed by atoms with E-state index in [2.05, 4.69) is 16.5 Å². The third kappa shape index (κ3) is 5.39. The van der Waals surface area contributed by atoms with Crippen molar-refractivity contribution in [3.8, 4) is 0 Å². The Kier molecular flexibility index (Phi) is 7.01. The Morgan fingerprint density at radius 2 is 1.76 bits per heavy atom. The first-order chi connectivity index (χ1) is 8.25. The van der Waals surface area contributed by atoms with E-state index in [9.17, 15) is 4.79 Å². The number of carbonyl (C=O) groups is 1. The van der Waals surface area contributed by atoms with E-state index in [1.165, 1.54) is 50.1 Å². The molecule has 0 aliphatic heterocycles. The fourth-order valence-corrected chi connectivity index (χ4v) is 2.46. The molecule has 4 heteroatoms. The second-order valence-corrected chi connectivity index (χ2v) is 5.24. The maximum atomic E-state index is 11.8. The molecule has 0 aliphatic carbocycles. The lowest BCUT2D eigenvalue weighted by Gasteiger charge is -2.00. The first kappa shape index (κ1) is 14.3. The summed E-state index contributed by atoms with van der Waals surface area (Å²) in [6.07, 6.45) is 9.35. The normalized spacial score (nSPS) is 10.7. The van der Waals surface area contributed by atoms with Gasteiger partial charge in [-0.15, -0.1) is 5.10 Å². The maximum Gasteiger partial charge on any atom is 0.176 e. The van der Waals surface area contributed by atoms with Crippen molar-refractivity contribution in [1.29, 1.82) is 0 Å². The van der Waals surface area contributed by atoms with Crippen LogP contribution in [0.25, 0.3) is 0 Å². The summed E-state index contributed by atoms with van der Waals surface area (Å²) in [7, 11) is 0. The third-order valence-electron chi connectivity index (χ3n) is 2.91. The number of nitrogens with zero attached hydrogens (tertiary/aromatic N) is 2. The number of unbranched alkanes of at least 4 members (excludes halogenated alkanes) is 6. The van der Waals surface area contributed by atoms with Gasteiger partial charge in [0.05, 0.1) is 5.69 Å². The van der Waals surface area contributed by atoms with Gasteiger partial charge < -0.3 is 0 Å². The van der Waals surface area contributed by atoms with E-state index in [-0.39, 0.29) is 5.78 Å². The number of ketones is 1. The smallest absolute Gasteiger partial charge is 0.176 e. The van der Waals surface area contributed by atoms with E-state index >= 15 is 0 Å². The van der Waals surface area contributed by atoms with E-state index in [4.69, 9.17) is 0 Å². The summed E-state index contributed by atoms with van der Waals surface area (Å²) < 4.78 is 3.79. The van der Waals surface area contributed by atoms with Crippen LogP contribution < -0.4 is 0 Å². The highest BCUT2D eigenvalue weighted by Crippen LogP contribution is 2.15. The fraction of sp³-hybridized carbons (Fsp3) is 0.769. The molecule has 0 radical (unpaired) electrons. The molecule has 0 unspecified atom stereocenters. The highest BCUT2D eigenvalue weighted by Gasteiger charge is 2.12. The molecule has 1 heterocycles. The number of aryl methyl sites for hydroxylation is 1. The predicted molar refractivity (Wildman–Crippen MR) is 71.6 cm³/mol. The zero-order chi connectivity index (χ0) is 12.5. The van der Waals surface area contributed by atoms with Crippen molar-refractivity contribution in [2.45, 2.75) is 65.2 Å². The second-order valence-electron chi connectivity index (χ2n) is 4.48. The molecule has 0 aliphatic rings. The molecule has 1 aromatic heterocycles. The summed E-state index contributed by atoms with van der Waals surface area (Å²) in [6.45, 7) is 4.07. The van der Waals surface area contributed by atoms with Crippen LogP contribution in [-0.4, -0.2) is 15.4 Å². The van der Waals surface area contributed by atoms with Crippen LogP contribution in [0.5, 0.6) is 0 Å². The van der Waals surface area contributed by atoms with Gasteiger partial charge in [0, 0.05) is 6.42 Å². The van der Waals surface area contributed by atoms with Crippen molar-refractivity contribution >= 4 is 17.3 Å². The molecule has 0 saturated carbocycles. The number of carbonyl (C=O) groups excluding carboxylic acids is 1. The Hall–Kier alpha value is -0.770. The average molecular weight is 254 g/mol. The molecule has 17 heavy (non-hydrogen) atoms. The zero-order valence-corrected chi connectivity index (χ0v) is 11.7. The van der Waals surface area contributed by atoms with Crippen LogP contribution in [0, 0.1) is 6.92 Å². The summed E-state index contributed by atoms with van der Waals surface area (Å²) in [4.78, 5) is 12.5. The molecule has 0 aromatic carbocycles. The summed E-state index contributed by atoms with van der Waals surface area (Å²) in [5.74, 6) is 0.214. The first-order valence-electron chi connectivity index (χ1n) is 6.58. The summed E-state index contributed by atoms with van der Waals surface area (Å²) in [5, 5.41) is 3.86. The van der Waals surface area contributed by atoms with Crippen LogP contribution in [0.1, 0.15) is 73.7 Å². The van der Waals surface area contributed by atoms with Crippen molar-refractivity contribution in [2.75, 3.05) is 0 Å². The average Bonchev–Trinajstić information content (AvgIpc) is 2.74. The molecular weight excluding hydrogens is 232 g/mol. The van der Waals surface area contributed by atoms with Crippen molar-refractivity contribution in [3.05, 3.63) is 10.6 Å². The number of Topliss-reactive ketones (excluding diaryl/α,β-unsaturated/α-hetero) is 1. The second kappa shape index (κ2) is 8.34. The van der Waals surface area contributed by atoms with Gasteiger partial charge in [-0.05, 0) is 24.9 Å². The van der Waals surface area contributed by atoms with Crippen LogP contribution >= 0.6 is 11.5 Å². The molecule has 0 saturated heterocycles. The van der Waals surface area contributed by atoms with Crippen molar-refractivity contribution < 1.29 is 4.79 Å². The Labute approximate surface area is 108 Å². The lowest BCUT2D eigenvalue weighted by atomic mass is 10.1. The van der Waals surface area contributed by atoms with Crippen molar-refractivity contribution in [1.82, 2.24) is 9.59 Å². The number of hydrogen-bond donors (Lipinski definition) is 0. The minimum atomic E-state index is 0.214. The summed E-state index contributed by atoms with van der Waals surface area (Å²) >= 11 is 1.22. The Bertz CT molecular complexity index is 336. The van der Waals surface area contributed by atoms with E-state index in [1.807, 2.05) is 6.92 Å². The van der Waals surface area contributed by atoms with Crippen LogP contribution in [0.3, 0.4) is 0 Å². The van der Waals surface area contributed by atoms with Crippen LogP contribution in [0.2, 0.25) is 0 Å². The standard InChI is InChI=1S/C13H22N2OS/c1-3-4-5-6-7-8-9-10-12(16)13-11(2)14-15-17-13/h3-10H2,1-2H3. The quantitative estimate of drug-likeness (QED) is 0.490. The molecule has 0 bridgehead atoms. The zero-order valence-electron chi connectivity index (χ0n) is 10.9. The summed E-state index contributed by atoms with van der Waals surface area (Å²) in [5.41, 5.74) is 0.781. The Balaban J connectivity index is 2.07. The number of aromatic nitrogens is 2. The van der Waals surface area contributed by atoms with E-state index in [1.54, 1.807) is 0 Å². The molecule has 1 rings (SSSR count). The van der Waals surface area contributed by atoms with Gasteiger partial charge in [-0.2, -0.15) is 0 Å². The molecule has 3 nitrogen and oxygen atoms in total. The highest BCUT2D eigenvalue weighted by atomic mass is 32.1. The Morgan fingerprint density at radius 3 is 2.35 bits per heavy atom. The van der Waals surface area contributed by atoms with Gasteiger partial charge in [0.25, 0.3) is 0 Å². The van der Waals surface area contributed by atoms with Crippen LogP contribution in [0.15, 0.2) is 0 Å². The van der Waals surface area contributed by atoms with Crippen molar-refractivity contribution in [3.63, 3.8) is 0 Å². The van der Waals surface area contributed by atoms with Gasteiger partial charge in [-0.3, -0.25) is 4.79 Å². The lowest BCUT2D eigenvalue weighted by molar-refractivity contribution is 0.0982. The number of rotatable bonds is 9. The molecule has 0 fully saturated rings. The highest BCUT2D eigenvalue weighted by molar-refractivity contribution is 7.08. The molecular formula is C13H22N2OS. The van der Waals surface area contributed by atoms with E-state index in [0.717, 1.165) is 17.0 Å². The molecule has 96 valence electrons. The molecule has 0 spiro atoms. The first-order valence-corrected chi connectivity index (χ1v) is 7.35. The molecule has 0 amide bonds. The van der Waals surface area contributed by atoms with Gasteiger partial charge in [-0.1, -0.05) is 49.9 Å². The van der Waals surface area contributed by atoms with E-state index < -0.39 is 0 Å². The van der Waals surface area contributed by atoms with Crippen molar-refractivity contribution in [2.24, 2.45) is 0 Å². The molecule has 0 N–H and O–H groups in total. The topological polar surface area (TPSA) is 42.9 Å². The minimum absolute atomic E-state index is 0.214. The lowest BCUT2D eigenvalue weighted by Crippen LogP contribution is -1.98. The van der Waals surface area contributed by atoms with Crippen LogP contribution in [0.4, 0.5) is 0 Å². The number of hydrogen-bond acceptors (Lipinski definition) is 4. The SMILES string of the molecule is CCCCCCCCCC(=O)c1snnc1C. The van der Waals surface area contributed by atoms with Crippen LogP contribution in [-0.2, 0) is 0 Å². The van der Waals surface area contributed by atoms with Gasteiger partial charge >= 0.3 is 0 Å².